The highest BCUT2D eigenvalue weighted by Crippen LogP contribution is 2.11. The van der Waals surface area contributed by atoms with Crippen molar-refractivity contribution in [2.24, 2.45) is 0 Å². The fraction of sp³-hybridized carbons (Fsp3) is 0.250. The summed E-state index contributed by atoms with van der Waals surface area (Å²) in [6.45, 7) is 0.288. The highest BCUT2D eigenvalue weighted by atomic mass is 32.1. The summed E-state index contributed by atoms with van der Waals surface area (Å²) in [6, 6.07) is 13.7. The number of aryl methyl sites for hydroxylation is 1. The van der Waals surface area contributed by atoms with E-state index in [9.17, 15) is 9.59 Å². The standard InChI is InChI=1S/C20H21N3O3S/c1-22(14-18-8-5-11-27-18)19(24)15-26-20(25)10-9-16-12-21-23(13-16)17-6-3-2-4-7-17/h2-8,11-13H,9-10,14-15H2,1H3. The summed E-state index contributed by atoms with van der Waals surface area (Å²) in [5.41, 5.74) is 1.91. The molecule has 0 unspecified atom stereocenters. The van der Waals surface area contributed by atoms with Gasteiger partial charge in [0.1, 0.15) is 0 Å². The number of amides is 1. The second kappa shape index (κ2) is 9.14. The molecule has 3 rings (SSSR count). The predicted octanol–water partition coefficient (Wildman–Crippen LogP) is 3.07. The third kappa shape index (κ3) is 5.52. The molecule has 1 amide bonds. The molecule has 3 aromatic rings. The molecule has 1 aromatic carbocycles. The fourth-order valence-corrected chi connectivity index (χ4v) is 3.26. The van der Waals surface area contributed by atoms with Crippen molar-refractivity contribution >= 4 is 23.2 Å². The number of carbonyl (C=O) groups excluding carboxylic acids is 2. The van der Waals surface area contributed by atoms with Crippen LogP contribution in [0.25, 0.3) is 5.69 Å². The van der Waals surface area contributed by atoms with Crippen LogP contribution in [0.1, 0.15) is 16.9 Å². The van der Waals surface area contributed by atoms with Crippen LogP contribution >= 0.6 is 11.3 Å². The van der Waals surface area contributed by atoms with E-state index in [2.05, 4.69) is 5.10 Å². The highest BCUT2D eigenvalue weighted by Gasteiger charge is 2.13. The summed E-state index contributed by atoms with van der Waals surface area (Å²) in [7, 11) is 1.70. The van der Waals surface area contributed by atoms with Gasteiger partial charge in [-0.2, -0.15) is 5.10 Å². The van der Waals surface area contributed by atoms with Crippen LogP contribution in [0.5, 0.6) is 0 Å². The predicted molar refractivity (Wildman–Crippen MR) is 104 cm³/mol. The van der Waals surface area contributed by atoms with Gasteiger partial charge in [0.2, 0.25) is 0 Å². The van der Waals surface area contributed by atoms with Crippen LogP contribution in [0.3, 0.4) is 0 Å². The van der Waals surface area contributed by atoms with Crippen molar-refractivity contribution < 1.29 is 14.3 Å². The monoisotopic (exact) mass is 383 g/mol. The maximum absolute atomic E-state index is 12.0. The van der Waals surface area contributed by atoms with E-state index in [1.807, 2.05) is 54.0 Å². The highest BCUT2D eigenvalue weighted by molar-refractivity contribution is 7.09. The van der Waals surface area contributed by atoms with Gasteiger partial charge >= 0.3 is 5.97 Å². The van der Waals surface area contributed by atoms with Gasteiger partial charge in [-0.15, -0.1) is 11.3 Å². The maximum atomic E-state index is 12.0. The number of esters is 1. The normalized spacial score (nSPS) is 10.6. The molecule has 27 heavy (non-hydrogen) atoms. The van der Waals surface area contributed by atoms with E-state index in [1.54, 1.807) is 34.2 Å². The molecule has 7 heteroatoms. The average Bonchev–Trinajstić information content (AvgIpc) is 3.37. The minimum Gasteiger partial charge on any atom is -0.456 e. The van der Waals surface area contributed by atoms with E-state index in [4.69, 9.17) is 4.74 Å². The van der Waals surface area contributed by atoms with Crippen LogP contribution in [-0.2, 0) is 27.3 Å². The summed E-state index contributed by atoms with van der Waals surface area (Å²) in [5.74, 6) is -0.603. The molecule has 6 nitrogen and oxygen atoms in total. The summed E-state index contributed by atoms with van der Waals surface area (Å²) >= 11 is 1.59. The quantitative estimate of drug-likeness (QED) is 0.561. The zero-order chi connectivity index (χ0) is 19.1. The first-order valence-corrected chi connectivity index (χ1v) is 9.51. The molecule has 0 saturated carbocycles. The van der Waals surface area contributed by atoms with Crippen molar-refractivity contribution in [1.29, 1.82) is 0 Å². The smallest absolute Gasteiger partial charge is 0.306 e. The third-order valence-corrected chi connectivity index (χ3v) is 4.89. The molecule has 2 heterocycles. The Morgan fingerprint density at radius 2 is 2.00 bits per heavy atom. The Bertz CT molecular complexity index is 875. The maximum Gasteiger partial charge on any atom is 0.306 e. The van der Waals surface area contributed by atoms with E-state index in [0.717, 1.165) is 16.1 Å². The molecular formula is C20H21N3O3S. The molecule has 0 N–H and O–H groups in total. The van der Waals surface area contributed by atoms with Gasteiger partial charge in [-0.05, 0) is 35.6 Å². The van der Waals surface area contributed by atoms with Crippen molar-refractivity contribution in [3.63, 3.8) is 0 Å². The molecule has 140 valence electrons. The van der Waals surface area contributed by atoms with Gasteiger partial charge in [0.05, 0.1) is 18.4 Å². The lowest BCUT2D eigenvalue weighted by molar-refractivity contribution is -0.151. The second-order valence-electron chi connectivity index (χ2n) is 6.12. The number of carbonyl (C=O) groups is 2. The van der Waals surface area contributed by atoms with Crippen LogP contribution < -0.4 is 0 Å². The van der Waals surface area contributed by atoms with E-state index in [1.165, 1.54) is 0 Å². The van der Waals surface area contributed by atoms with E-state index < -0.39 is 0 Å². The van der Waals surface area contributed by atoms with Crippen molar-refractivity contribution in [2.45, 2.75) is 19.4 Å². The van der Waals surface area contributed by atoms with Crippen LogP contribution in [0.2, 0.25) is 0 Å². The lowest BCUT2D eigenvalue weighted by Gasteiger charge is -2.16. The Hall–Kier alpha value is -2.93. The van der Waals surface area contributed by atoms with Gasteiger partial charge < -0.3 is 9.64 Å². The van der Waals surface area contributed by atoms with Crippen LogP contribution in [0, 0.1) is 0 Å². The third-order valence-electron chi connectivity index (χ3n) is 4.03. The second-order valence-corrected chi connectivity index (χ2v) is 7.15. The number of nitrogens with zero attached hydrogens (tertiary/aromatic N) is 3. The number of ether oxygens (including phenoxy) is 1. The molecule has 0 bridgehead atoms. The Morgan fingerprint density at radius 1 is 1.19 bits per heavy atom. The SMILES string of the molecule is CN(Cc1cccs1)C(=O)COC(=O)CCc1cnn(-c2ccccc2)c1. The fourth-order valence-electron chi connectivity index (χ4n) is 2.51. The van der Waals surface area contributed by atoms with Crippen molar-refractivity contribution in [2.75, 3.05) is 13.7 Å². The zero-order valence-electron chi connectivity index (χ0n) is 15.1. The Kier molecular flexibility index (Phi) is 6.38. The molecule has 0 radical (unpaired) electrons. The van der Waals surface area contributed by atoms with Crippen molar-refractivity contribution in [1.82, 2.24) is 14.7 Å². The topological polar surface area (TPSA) is 64.4 Å². The first kappa shape index (κ1) is 18.8. The number of aromatic nitrogens is 2. The van der Waals surface area contributed by atoms with Crippen LogP contribution in [0.4, 0.5) is 0 Å². The molecule has 0 aliphatic carbocycles. The summed E-state index contributed by atoms with van der Waals surface area (Å²) in [5, 5.41) is 6.27. The number of likely N-dealkylation sites (N-methyl/N-ethyl adjacent to an activating group) is 1. The zero-order valence-corrected chi connectivity index (χ0v) is 15.9. The molecule has 0 atom stereocenters. The number of benzene rings is 1. The van der Waals surface area contributed by atoms with E-state index >= 15 is 0 Å². The molecular weight excluding hydrogens is 362 g/mol. The summed E-state index contributed by atoms with van der Waals surface area (Å²) in [4.78, 5) is 26.6. The van der Waals surface area contributed by atoms with Gasteiger partial charge in [-0.25, -0.2) is 4.68 Å². The van der Waals surface area contributed by atoms with Gasteiger partial charge in [0.25, 0.3) is 5.91 Å². The minimum absolute atomic E-state index is 0.211. The Balaban J connectivity index is 1.41. The summed E-state index contributed by atoms with van der Waals surface area (Å²) < 4.78 is 6.87. The minimum atomic E-state index is -0.389. The van der Waals surface area contributed by atoms with E-state index in [0.29, 0.717) is 13.0 Å². The molecule has 0 fully saturated rings. The average molecular weight is 383 g/mol. The number of para-hydroxylation sites is 1. The first-order valence-electron chi connectivity index (χ1n) is 8.63. The first-order chi connectivity index (χ1) is 13.1. The van der Waals surface area contributed by atoms with Crippen LogP contribution in [-0.4, -0.2) is 40.2 Å². The number of rotatable bonds is 8. The van der Waals surface area contributed by atoms with Crippen LogP contribution in [0.15, 0.2) is 60.2 Å². The lowest BCUT2D eigenvalue weighted by atomic mass is 10.2. The summed E-state index contributed by atoms with van der Waals surface area (Å²) in [6.07, 6.45) is 4.36. The number of thiophene rings is 1. The Morgan fingerprint density at radius 3 is 2.74 bits per heavy atom. The molecule has 0 saturated heterocycles. The number of hydrogen-bond acceptors (Lipinski definition) is 5. The molecule has 0 aliphatic rings. The van der Waals surface area contributed by atoms with E-state index in [-0.39, 0.29) is 24.9 Å². The molecule has 2 aromatic heterocycles. The van der Waals surface area contributed by atoms with Crippen molar-refractivity contribution in [3.05, 3.63) is 70.7 Å². The van der Waals surface area contributed by atoms with Gasteiger partial charge in [0.15, 0.2) is 6.61 Å². The number of hydrogen-bond donors (Lipinski definition) is 0. The largest absolute Gasteiger partial charge is 0.456 e. The Labute approximate surface area is 162 Å². The van der Waals surface area contributed by atoms with Gasteiger partial charge in [0, 0.05) is 24.5 Å². The van der Waals surface area contributed by atoms with Crippen molar-refractivity contribution in [3.8, 4) is 5.69 Å². The lowest BCUT2D eigenvalue weighted by Crippen LogP contribution is -2.30. The van der Waals surface area contributed by atoms with Gasteiger partial charge in [-0.1, -0.05) is 24.3 Å². The van der Waals surface area contributed by atoms with Gasteiger partial charge in [-0.3, -0.25) is 9.59 Å². The molecule has 0 aliphatic heterocycles. The molecule has 0 spiro atoms.